The van der Waals surface area contributed by atoms with Crippen LogP contribution in [0.2, 0.25) is 5.02 Å². The molecule has 1 aromatic carbocycles. The number of hydrogen-bond acceptors (Lipinski definition) is 4. The topological polar surface area (TPSA) is 64.6 Å². The summed E-state index contributed by atoms with van der Waals surface area (Å²) in [4.78, 5) is -0.0000463. The summed E-state index contributed by atoms with van der Waals surface area (Å²) >= 11 is 5.92. The van der Waals surface area contributed by atoms with Gasteiger partial charge in [-0.2, -0.15) is 0 Å². The zero-order valence-electron chi connectivity index (χ0n) is 10.7. The van der Waals surface area contributed by atoms with E-state index in [1.807, 2.05) is 0 Å². The number of ether oxygens (including phenoxy) is 2. The second-order valence-corrected chi connectivity index (χ2v) is 6.00. The molecule has 0 fully saturated rings. The standard InChI is InChI=1S/C11H16ClNO4S/c1-7(2)13-18(14,15)11-6-9(16-3)8(12)5-10(11)17-4/h5-7,13H,1-4H3. The Morgan fingerprint density at radius 3 is 2.17 bits per heavy atom. The third kappa shape index (κ3) is 3.28. The van der Waals surface area contributed by atoms with Gasteiger partial charge in [0.05, 0.1) is 19.2 Å². The minimum Gasteiger partial charge on any atom is -0.495 e. The van der Waals surface area contributed by atoms with Crippen LogP contribution in [0.4, 0.5) is 0 Å². The van der Waals surface area contributed by atoms with Gasteiger partial charge < -0.3 is 9.47 Å². The Kier molecular flexibility index (Phi) is 4.84. The minimum atomic E-state index is -3.67. The van der Waals surface area contributed by atoms with Crippen LogP contribution in [0.15, 0.2) is 17.0 Å². The molecule has 0 aliphatic carbocycles. The van der Waals surface area contributed by atoms with E-state index in [2.05, 4.69) is 4.72 Å². The molecule has 0 aliphatic heterocycles. The first kappa shape index (κ1) is 15.1. The summed E-state index contributed by atoms with van der Waals surface area (Å²) in [7, 11) is -0.867. The van der Waals surface area contributed by atoms with Crippen LogP contribution >= 0.6 is 11.6 Å². The van der Waals surface area contributed by atoms with Crippen LogP contribution in [0.3, 0.4) is 0 Å². The smallest absolute Gasteiger partial charge is 0.244 e. The lowest BCUT2D eigenvalue weighted by atomic mass is 10.3. The zero-order valence-corrected chi connectivity index (χ0v) is 12.2. The number of rotatable bonds is 5. The average molecular weight is 294 g/mol. The Bertz CT molecular complexity index is 528. The van der Waals surface area contributed by atoms with Crippen LogP contribution in [-0.4, -0.2) is 28.7 Å². The Morgan fingerprint density at radius 1 is 1.17 bits per heavy atom. The van der Waals surface area contributed by atoms with Crippen LogP contribution in [-0.2, 0) is 10.0 Å². The predicted octanol–water partition coefficient (Wildman–Crippen LogP) is 2.04. The Hall–Kier alpha value is -0.980. The number of benzene rings is 1. The molecule has 1 N–H and O–H groups in total. The van der Waals surface area contributed by atoms with E-state index >= 15 is 0 Å². The lowest BCUT2D eigenvalue weighted by molar-refractivity contribution is 0.392. The summed E-state index contributed by atoms with van der Waals surface area (Å²) in [5.41, 5.74) is 0. The number of hydrogen-bond donors (Lipinski definition) is 1. The maximum atomic E-state index is 12.1. The van der Waals surface area contributed by atoms with Crippen LogP contribution in [0.5, 0.6) is 11.5 Å². The van der Waals surface area contributed by atoms with Crippen LogP contribution in [0.1, 0.15) is 13.8 Å². The molecule has 1 rings (SSSR count). The molecule has 0 amide bonds. The third-order valence-corrected chi connectivity index (χ3v) is 4.09. The van der Waals surface area contributed by atoms with Gasteiger partial charge in [0.2, 0.25) is 10.0 Å². The highest BCUT2D eigenvalue weighted by Gasteiger charge is 2.22. The monoisotopic (exact) mass is 293 g/mol. The van der Waals surface area contributed by atoms with Crippen molar-refractivity contribution in [3.8, 4) is 11.5 Å². The highest BCUT2D eigenvalue weighted by Crippen LogP contribution is 2.34. The normalized spacial score (nSPS) is 11.7. The fourth-order valence-electron chi connectivity index (χ4n) is 1.42. The van der Waals surface area contributed by atoms with Crippen molar-refractivity contribution in [2.75, 3.05) is 14.2 Å². The van der Waals surface area contributed by atoms with E-state index in [0.29, 0.717) is 0 Å². The first-order chi connectivity index (χ1) is 8.31. The van der Waals surface area contributed by atoms with E-state index in [1.165, 1.54) is 26.4 Å². The van der Waals surface area contributed by atoms with Gasteiger partial charge >= 0.3 is 0 Å². The van der Waals surface area contributed by atoms with Crippen molar-refractivity contribution < 1.29 is 17.9 Å². The molecule has 0 spiro atoms. The maximum absolute atomic E-state index is 12.1. The Morgan fingerprint density at radius 2 is 1.72 bits per heavy atom. The molecule has 0 saturated heterocycles. The number of sulfonamides is 1. The van der Waals surface area contributed by atoms with E-state index in [1.54, 1.807) is 13.8 Å². The third-order valence-electron chi connectivity index (χ3n) is 2.12. The number of nitrogens with one attached hydrogen (secondary N) is 1. The van der Waals surface area contributed by atoms with E-state index in [-0.39, 0.29) is 27.5 Å². The van der Waals surface area contributed by atoms with Crippen molar-refractivity contribution in [1.29, 1.82) is 0 Å². The second-order valence-electron chi connectivity index (χ2n) is 3.91. The fourth-order valence-corrected chi connectivity index (χ4v) is 3.06. The first-order valence-corrected chi connectivity index (χ1v) is 7.11. The predicted molar refractivity (Wildman–Crippen MR) is 70.0 cm³/mol. The summed E-state index contributed by atoms with van der Waals surface area (Å²) in [5.74, 6) is 0.454. The molecule has 102 valence electrons. The first-order valence-electron chi connectivity index (χ1n) is 5.25. The maximum Gasteiger partial charge on any atom is 0.244 e. The fraction of sp³-hybridized carbons (Fsp3) is 0.455. The lowest BCUT2D eigenvalue weighted by Crippen LogP contribution is -2.30. The zero-order chi connectivity index (χ0) is 13.9. The molecule has 0 heterocycles. The van der Waals surface area contributed by atoms with Crippen molar-refractivity contribution in [3.05, 3.63) is 17.2 Å². The van der Waals surface area contributed by atoms with Crippen molar-refractivity contribution in [2.24, 2.45) is 0 Å². The van der Waals surface area contributed by atoms with Gasteiger partial charge in [-0.05, 0) is 13.8 Å². The number of methoxy groups -OCH3 is 2. The molecule has 0 aliphatic rings. The molecule has 0 radical (unpaired) electrons. The van der Waals surface area contributed by atoms with Gasteiger partial charge in [0, 0.05) is 18.2 Å². The summed E-state index contributed by atoms with van der Waals surface area (Å²) in [5, 5.41) is 0.290. The van der Waals surface area contributed by atoms with Gasteiger partial charge in [0.15, 0.2) is 0 Å². The molecule has 5 nitrogen and oxygen atoms in total. The summed E-state index contributed by atoms with van der Waals surface area (Å²) < 4.78 is 36.7. The summed E-state index contributed by atoms with van der Waals surface area (Å²) in [6, 6.07) is 2.53. The van der Waals surface area contributed by atoms with Gasteiger partial charge in [0.25, 0.3) is 0 Å². The van der Waals surface area contributed by atoms with Crippen LogP contribution in [0.25, 0.3) is 0 Å². The second kappa shape index (κ2) is 5.77. The van der Waals surface area contributed by atoms with E-state index in [0.717, 1.165) is 0 Å². The summed E-state index contributed by atoms with van der Waals surface area (Å²) in [6.45, 7) is 3.47. The Balaban J connectivity index is 3.38. The molecule has 18 heavy (non-hydrogen) atoms. The van der Waals surface area contributed by atoms with Crippen LogP contribution in [0, 0.1) is 0 Å². The molecule has 0 aromatic heterocycles. The van der Waals surface area contributed by atoms with E-state index in [4.69, 9.17) is 21.1 Å². The molecule has 0 saturated carbocycles. The van der Waals surface area contributed by atoms with Crippen molar-refractivity contribution >= 4 is 21.6 Å². The van der Waals surface area contributed by atoms with Crippen molar-refractivity contribution in [2.45, 2.75) is 24.8 Å². The Labute approximate surface area is 112 Å². The minimum absolute atomic E-state index is 0.0000463. The van der Waals surface area contributed by atoms with Crippen molar-refractivity contribution in [3.63, 3.8) is 0 Å². The SMILES string of the molecule is COc1cc(S(=O)(=O)NC(C)C)c(OC)cc1Cl. The van der Waals surface area contributed by atoms with Gasteiger partial charge in [-0.15, -0.1) is 0 Å². The van der Waals surface area contributed by atoms with E-state index < -0.39 is 10.0 Å². The molecule has 0 unspecified atom stereocenters. The van der Waals surface area contributed by atoms with Gasteiger partial charge in [-0.25, -0.2) is 13.1 Å². The molecule has 1 aromatic rings. The summed E-state index contributed by atoms with van der Waals surface area (Å²) in [6.07, 6.45) is 0. The van der Waals surface area contributed by atoms with Gasteiger partial charge in [-0.1, -0.05) is 11.6 Å². The average Bonchev–Trinajstić information content (AvgIpc) is 2.26. The molecule has 0 atom stereocenters. The van der Waals surface area contributed by atoms with Gasteiger partial charge in [-0.3, -0.25) is 0 Å². The van der Waals surface area contributed by atoms with Gasteiger partial charge in [0.1, 0.15) is 16.4 Å². The molecular formula is C11H16ClNO4S. The molecule has 7 heteroatoms. The van der Waals surface area contributed by atoms with Crippen LogP contribution < -0.4 is 14.2 Å². The largest absolute Gasteiger partial charge is 0.495 e. The number of halogens is 1. The van der Waals surface area contributed by atoms with Crippen molar-refractivity contribution in [1.82, 2.24) is 4.72 Å². The molecular weight excluding hydrogens is 278 g/mol. The quantitative estimate of drug-likeness (QED) is 0.902. The van der Waals surface area contributed by atoms with E-state index in [9.17, 15) is 8.42 Å². The lowest BCUT2D eigenvalue weighted by Gasteiger charge is -2.14. The highest BCUT2D eigenvalue weighted by atomic mass is 35.5. The highest BCUT2D eigenvalue weighted by molar-refractivity contribution is 7.89. The molecule has 0 bridgehead atoms.